The lowest BCUT2D eigenvalue weighted by atomic mass is 10.1. The van der Waals surface area contributed by atoms with Crippen LogP contribution in [0.2, 0.25) is 0 Å². The van der Waals surface area contributed by atoms with E-state index in [0.717, 1.165) is 31.3 Å². The molecular formula is C12H23BrN2O2. The number of hydrogen-bond acceptors (Lipinski definition) is 3. The standard InChI is InChI=1S/C12H23BrN2O2/c1-12(2,3)17-11(16)15-9-5-4-6-10(15)14-8-7-13/h10,14H,4-9H2,1-3H3. The van der Waals surface area contributed by atoms with Crippen molar-refractivity contribution in [3.63, 3.8) is 0 Å². The second-order valence-electron chi connectivity index (χ2n) is 5.33. The van der Waals surface area contributed by atoms with Gasteiger partial charge in [0, 0.05) is 18.4 Å². The highest BCUT2D eigenvalue weighted by Crippen LogP contribution is 2.18. The zero-order valence-electron chi connectivity index (χ0n) is 11.0. The van der Waals surface area contributed by atoms with Crippen LogP contribution in [-0.2, 0) is 4.74 Å². The molecule has 1 fully saturated rings. The zero-order chi connectivity index (χ0) is 12.9. The number of carbonyl (C=O) groups excluding carboxylic acids is 1. The molecule has 5 heteroatoms. The molecule has 17 heavy (non-hydrogen) atoms. The second kappa shape index (κ2) is 6.59. The number of piperidine rings is 1. The quantitative estimate of drug-likeness (QED) is 0.815. The van der Waals surface area contributed by atoms with Gasteiger partial charge in [0.25, 0.3) is 0 Å². The summed E-state index contributed by atoms with van der Waals surface area (Å²) in [6, 6.07) is 0. The number of carbonyl (C=O) groups is 1. The molecule has 0 bridgehead atoms. The molecule has 0 aliphatic carbocycles. The molecule has 1 atom stereocenters. The molecule has 0 saturated carbocycles. The van der Waals surface area contributed by atoms with Crippen molar-refractivity contribution in [1.29, 1.82) is 0 Å². The van der Waals surface area contributed by atoms with Crippen LogP contribution in [0.15, 0.2) is 0 Å². The number of rotatable bonds is 3. The molecule has 0 aromatic carbocycles. The maximum Gasteiger partial charge on any atom is 0.411 e. The molecule has 1 N–H and O–H groups in total. The number of ether oxygens (including phenoxy) is 1. The van der Waals surface area contributed by atoms with Crippen molar-refractivity contribution < 1.29 is 9.53 Å². The van der Waals surface area contributed by atoms with Gasteiger partial charge in [0.15, 0.2) is 0 Å². The SMILES string of the molecule is CC(C)(C)OC(=O)N1CCCCC1NCCBr. The van der Waals surface area contributed by atoms with E-state index in [9.17, 15) is 4.79 Å². The summed E-state index contributed by atoms with van der Waals surface area (Å²) in [5, 5.41) is 4.26. The highest BCUT2D eigenvalue weighted by molar-refractivity contribution is 9.09. The third kappa shape index (κ3) is 5.25. The van der Waals surface area contributed by atoms with Crippen LogP contribution in [0.4, 0.5) is 4.79 Å². The molecule has 1 aliphatic heterocycles. The van der Waals surface area contributed by atoms with Gasteiger partial charge in [0.1, 0.15) is 5.60 Å². The third-order valence-electron chi connectivity index (χ3n) is 2.61. The van der Waals surface area contributed by atoms with Crippen LogP contribution in [0.1, 0.15) is 40.0 Å². The first-order valence-corrected chi connectivity index (χ1v) is 7.35. The lowest BCUT2D eigenvalue weighted by Crippen LogP contribution is -2.53. The van der Waals surface area contributed by atoms with Crippen molar-refractivity contribution in [1.82, 2.24) is 10.2 Å². The van der Waals surface area contributed by atoms with E-state index in [1.165, 1.54) is 6.42 Å². The first-order valence-electron chi connectivity index (χ1n) is 6.23. The molecule has 1 saturated heterocycles. The Kier molecular flexibility index (Phi) is 5.73. The maximum absolute atomic E-state index is 12.0. The molecular weight excluding hydrogens is 284 g/mol. The van der Waals surface area contributed by atoms with Crippen LogP contribution in [0.25, 0.3) is 0 Å². The van der Waals surface area contributed by atoms with E-state index < -0.39 is 5.60 Å². The number of nitrogens with one attached hydrogen (secondary N) is 1. The molecule has 0 aromatic rings. The van der Waals surface area contributed by atoms with Gasteiger partial charge in [-0.15, -0.1) is 0 Å². The van der Waals surface area contributed by atoms with E-state index in [1.54, 1.807) is 0 Å². The van der Waals surface area contributed by atoms with Gasteiger partial charge >= 0.3 is 6.09 Å². The van der Waals surface area contributed by atoms with Crippen LogP contribution < -0.4 is 5.32 Å². The Hall–Kier alpha value is -0.290. The molecule has 0 aromatic heterocycles. The molecule has 1 aliphatic rings. The lowest BCUT2D eigenvalue weighted by molar-refractivity contribution is 0.00573. The van der Waals surface area contributed by atoms with Crippen LogP contribution >= 0.6 is 15.9 Å². The van der Waals surface area contributed by atoms with Crippen molar-refractivity contribution in [2.24, 2.45) is 0 Å². The molecule has 1 amide bonds. The van der Waals surface area contributed by atoms with E-state index >= 15 is 0 Å². The van der Waals surface area contributed by atoms with E-state index in [0.29, 0.717) is 0 Å². The molecule has 1 rings (SSSR count). The summed E-state index contributed by atoms with van der Waals surface area (Å²) < 4.78 is 5.42. The van der Waals surface area contributed by atoms with Crippen molar-refractivity contribution >= 4 is 22.0 Å². The van der Waals surface area contributed by atoms with E-state index in [2.05, 4.69) is 21.2 Å². The van der Waals surface area contributed by atoms with Gasteiger partial charge in [-0.05, 0) is 40.0 Å². The Labute approximate surface area is 112 Å². The first kappa shape index (κ1) is 14.8. The van der Waals surface area contributed by atoms with Gasteiger partial charge in [-0.2, -0.15) is 0 Å². The van der Waals surface area contributed by atoms with Crippen molar-refractivity contribution in [2.75, 3.05) is 18.4 Å². The average molecular weight is 307 g/mol. The Morgan fingerprint density at radius 2 is 2.18 bits per heavy atom. The normalized spacial score (nSPS) is 21.4. The molecule has 1 heterocycles. The monoisotopic (exact) mass is 306 g/mol. The smallest absolute Gasteiger partial charge is 0.411 e. The van der Waals surface area contributed by atoms with Crippen LogP contribution in [0.5, 0.6) is 0 Å². The van der Waals surface area contributed by atoms with Gasteiger partial charge in [-0.25, -0.2) is 4.79 Å². The summed E-state index contributed by atoms with van der Waals surface area (Å²) >= 11 is 3.38. The summed E-state index contributed by atoms with van der Waals surface area (Å²) in [5.41, 5.74) is -0.422. The minimum Gasteiger partial charge on any atom is -0.444 e. The summed E-state index contributed by atoms with van der Waals surface area (Å²) in [6.07, 6.45) is 3.15. The maximum atomic E-state index is 12.0. The molecule has 0 spiro atoms. The number of nitrogens with zero attached hydrogens (tertiary/aromatic N) is 1. The van der Waals surface area contributed by atoms with Crippen LogP contribution in [0.3, 0.4) is 0 Å². The average Bonchev–Trinajstić information content (AvgIpc) is 2.24. The Morgan fingerprint density at radius 3 is 2.76 bits per heavy atom. The number of halogens is 1. The highest BCUT2D eigenvalue weighted by Gasteiger charge is 2.29. The molecule has 1 unspecified atom stereocenters. The van der Waals surface area contributed by atoms with Gasteiger partial charge in [0.05, 0.1) is 6.17 Å². The van der Waals surface area contributed by atoms with E-state index in [1.807, 2.05) is 25.7 Å². The van der Waals surface area contributed by atoms with E-state index in [-0.39, 0.29) is 12.3 Å². The molecule has 100 valence electrons. The summed E-state index contributed by atoms with van der Waals surface area (Å²) in [4.78, 5) is 13.9. The van der Waals surface area contributed by atoms with Crippen LogP contribution in [0, 0.1) is 0 Å². The van der Waals surface area contributed by atoms with Gasteiger partial charge < -0.3 is 4.74 Å². The largest absolute Gasteiger partial charge is 0.444 e. The fraction of sp³-hybridized carbons (Fsp3) is 0.917. The van der Waals surface area contributed by atoms with Crippen molar-refractivity contribution in [2.45, 2.75) is 51.8 Å². The fourth-order valence-electron chi connectivity index (χ4n) is 1.90. The first-order chi connectivity index (χ1) is 7.94. The number of amides is 1. The van der Waals surface area contributed by atoms with Gasteiger partial charge in [-0.3, -0.25) is 10.2 Å². The van der Waals surface area contributed by atoms with Crippen molar-refractivity contribution in [3.8, 4) is 0 Å². The zero-order valence-corrected chi connectivity index (χ0v) is 12.5. The highest BCUT2D eigenvalue weighted by atomic mass is 79.9. The Bertz CT molecular complexity index is 253. The number of likely N-dealkylation sites (tertiary alicyclic amines) is 1. The fourth-order valence-corrected chi connectivity index (χ4v) is 2.13. The predicted molar refractivity (Wildman–Crippen MR) is 72.4 cm³/mol. The molecule has 4 nitrogen and oxygen atoms in total. The molecule has 0 radical (unpaired) electrons. The minimum atomic E-state index is -0.422. The summed E-state index contributed by atoms with van der Waals surface area (Å²) in [7, 11) is 0. The number of alkyl halides is 1. The third-order valence-corrected chi connectivity index (χ3v) is 3.00. The second-order valence-corrected chi connectivity index (χ2v) is 6.12. The van der Waals surface area contributed by atoms with Crippen LogP contribution in [-0.4, -0.2) is 41.2 Å². The Balaban J connectivity index is 2.54. The lowest BCUT2D eigenvalue weighted by Gasteiger charge is -2.37. The minimum absolute atomic E-state index is 0.121. The predicted octanol–water partition coefficient (Wildman–Crippen LogP) is 2.72. The topological polar surface area (TPSA) is 41.6 Å². The summed E-state index contributed by atoms with van der Waals surface area (Å²) in [5.74, 6) is 0. The van der Waals surface area contributed by atoms with Gasteiger partial charge in [0.2, 0.25) is 0 Å². The van der Waals surface area contributed by atoms with Crippen molar-refractivity contribution in [3.05, 3.63) is 0 Å². The Morgan fingerprint density at radius 1 is 1.47 bits per heavy atom. The number of hydrogen-bond donors (Lipinski definition) is 1. The van der Waals surface area contributed by atoms with Gasteiger partial charge in [-0.1, -0.05) is 15.9 Å². The van der Waals surface area contributed by atoms with E-state index in [4.69, 9.17) is 4.74 Å². The summed E-state index contributed by atoms with van der Waals surface area (Å²) in [6.45, 7) is 7.35.